The van der Waals surface area contributed by atoms with E-state index in [0.29, 0.717) is 6.04 Å². The Balaban J connectivity index is 1.92. The van der Waals surface area contributed by atoms with Crippen LogP contribution in [0.15, 0.2) is 41.1 Å². The summed E-state index contributed by atoms with van der Waals surface area (Å²) in [4.78, 5) is 0. The third kappa shape index (κ3) is 5.06. The minimum Gasteiger partial charge on any atom is -0.314 e. The van der Waals surface area contributed by atoms with E-state index in [9.17, 15) is 4.39 Å². The SMILES string of the molecule is CCCNC(CCc1ccsc1)Cc1cccc(F)c1. The average molecular weight is 291 g/mol. The van der Waals surface area contributed by atoms with Gasteiger partial charge in [0.2, 0.25) is 0 Å². The standard InChI is InChI=1S/C17H22FNS/c1-2-9-19-17(7-6-14-8-10-20-13-14)12-15-4-3-5-16(18)11-15/h3-5,8,10-11,13,17,19H,2,6-7,9,12H2,1H3. The van der Waals surface area contributed by atoms with Gasteiger partial charge in [-0.1, -0.05) is 19.1 Å². The lowest BCUT2D eigenvalue weighted by Crippen LogP contribution is -2.32. The van der Waals surface area contributed by atoms with E-state index in [1.165, 1.54) is 11.6 Å². The van der Waals surface area contributed by atoms with Crippen LogP contribution in [0.4, 0.5) is 4.39 Å². The van der Waals surface area contributed by atoms with Crippen molar-refractivity contribution < 1.29 is 4.39 Å². The van der Waals surface area contributed by atoms with Crippen molar-refractivity contribution in [2.75, 3.05) is 6.54 Å². The summed E-state index contributed by atoms with van der Waals surface area (Å²) in [6.07, 6.45) is 4.19. The van der Waals surface area contributed by atoms with E-state index < -0.39 is 0 Å². The molecular formula is C17H22FNS. The van der Waals surface area contributed by atoms with Gasteiger partial charge < -0.3 is 5.32 Å². The number of hydrogen-bond donors (Lipinski definition) is 1. The van der Waals surface area contributed by atoms with Gasteiger partial charge in [-0.25, -0.2) is 4.39 Å². The van der Waals surface area contributed by atoms with Crippen LogP contribution in [0.25, 0.3) is 0 Å². The number of aryl methyl sites for hydroxylation is 1. The highest BCUT2D eigenvalue weighted by molar-refractivity contribution is 7.07. The van der Waals surface area contributed by atoms with Crippen molar-refractivity contribution in [3.8, 4) is 0 Å². The summed E-state index contributed by atoms with van der Waals surface area (Å²) in [7, 11) is 0. The molecule has 2 aromatic rings. The van der Waals surface area contributed by atoms with Gasteiger partial charge in [-0.15, -0.1) is 0 Å². The van der Waals surface area contributed by atoms with Crippen molar-refractivity contribution in [3.63, 3.8) is 0 Å². The molecular weight excluding hydrogens is 269 g/mol. The molecule has 1 N–H and O–H groups in total. The first-order chi connectivity index (χ1) is 9.78. The summed E-state index contributed by atoms with van der Waals surface area (Å²) in [5.74, 6) is -0.144. The first kappa shape index (κ1) is 15.2. The molecule has 0 aliphatic rings. The quantitative estimate of drug-likeness (QED) is 0.758. The molecule has 20 heavy (non-hydrogen) atoms. The third-order valence-corrected chi connectivity index (χ3v) is 4.15. The second-order valence-electron chi connectivity index (χ2n) is 5.16. The summed E-state index contributed by atoms with van der Waals surface area (Å²) in [6.45, 7) is 3.19. The smallest absolute Gasteiger partial charge is 0.123 e. The summed E-state index contributed by atoms with van der Waals surface area (Å²) in [6, 6.07) is 9.55. The molecule has 1 heterocycles. The van der Waals surface area contributed by atoms with Gasteiger partial charge in [-0.05, 0) is 72.3 Å². The lowest BCUT2D eigenvalue weighted by molar-refractivity contribution is 0.477. The summed E-state index contributed by atoms with van der Waals surface area (Å²) >= 11 is 1.75. The van der Waals surface area contributed by atoms with Crippen LogP contribution in [0.1, 0.15) is 30.9 Å². The zero-order valence-electron chi connectivity index (χ0n) is 11.9. The topological polar surface area (TPSA) is 12.0 Å². The van der Waals surface area contributed by atoms with Crippen LogP contribution in [0, 0.1) is 5.82 Å². The average Bonchev–Trinajstić information content (AvgIpc) is 2.95. The van der Waals surface area contributed by atoms with Crippen molar-refractivity contribution in [1.82, 2.24) is 5.32 Å². The Bertz CT molecular complexity index is 495. The summed E-state index contributed by atoms with van der Waals surface area (Å²) in [5, 5.41) is 7.91. The predicted molar refractivity (Wildman–Crippen MR) is 84.8 cm³/mol. The molecule has 0 radical (unpaired) electrons. The van der Waals surface area contributed by atoms with Crippen molar-refractivity contribution in [2.24, 2.45) is 0 Å². The maximum absolute atomic E-state index is 13.3. The maximum Gasteiger partial charge on any atom is 0.123 e. The molecule has 0 spiro atoms. The van der Waals surface area contributed by atoms with Crippen LogP contribution in [0.2, 0.25) is 0 Å². The van der Waals surface area contributed by atoms with Gasteiger partial charge in [-0.3, -0.25) is 0 Å². The summed E-state index contributed by atoms with van der Waals surface area (Å²) < 4.78 is 13.3. The third-order valence-electron chi connectivity index (χ3n) is 3.42. The summed E-state index contributed by atoms with van der Waals surface area (Å²) in [5.41, 5.74) is 2.47. The van der Waals surface area contributed by atoms with Crippen molar-refractivity contribution in [2.45, 2.75) is 38.6 Å². The van der Waals surface area contributed by atoms with E-state index in [1.54, 1.807) is 23.5 Å². The first-order valence-electron chi connectivity index (χ1n) is 7.27. The number of thiophene rings is 1. The van der Waals surface area contributed by atoms with E-state index in [0.717, 1.165) is 37.8 Å². The zero-order chi connectivity index (χ0) is 14.2. The van der Waals surface area contributed by atoms with Crippen LogP contribution in [0.5, 0.6) is 0 Å². The highest BCUT2D eigenvalue weighted by Gasteiger charge is 2.10. The second kappa shape index (κ2) is 8.18. The molecule has 0 saturated heterocycles. The van der Waals surface area contributed by atoms with Gasteiger partial charge in [0.25, 0.3) is 0 Å². The van der Waals surface area contributed by atoms with Crippen LogP contribution >= 0.6 is 11.3 Å². The van der Waals surface area contributed by atoms with Crippen molar-refractivity contribution in [1.29, 1.82) is 0 Å². The van der Waals surface area contributed by atoms with Gasteiger partial charge in [-0.2, -0.15) is 11.3 Å². The molecule has 1 atom stereocenters. The van der Waals surface area contributed by atoms with Crippen LogP contribution in [0.3, 0.4) is 0 Å². The molecule has 1 unspecified atom stereocenters. The van der Waals surface area contributed by atoms with Crippen molar-refractivity contribution >= 4 is 11.3 Å². The largest absolute Gasteiger partial charge is 0.314 e. The molecule has 1 nitrogen and oxygen atoms in total. The highest BCUT2D eigenvalue weighted by atomic mass is 32.1. The molecule has 0 aliphatic heterocycles. The number of benzene rings is 1. The molecule has 108 valence electrons. The fourth-order valence-corrected chi connectivity index (χ4v) is 3.05. The maximum atomic E-state index is 13.3. The van der Waals surface area contributed by atoms with Crippen LogP contribution < -0.4 is 5.32 Å². The normalized spacial score (nSPS) is 12.5. The van der Waals surface area contributed by atoms with Crippen molar-refractivity contribution in [3.05, 3.63) is 58.0 Å². The fraction of sp³-hybridized carbons (Fsp3) is 0.412. The molecule has 0 bridgehead atoms. The Morgan fingerprint density at radius 3 is 2.85 bits per heavy atom. The zero-order valence-corrected chi connectivity index (χ0v) is 12.8. The first-order valence-corrected chi connectivity index (χ1v) is 8.21. The molecule has 0 saturated carbocycles. The predicted octanol–water partition coefficient (Wildman–Crippen LogP) is 4.43. The van der Waals surface area contributed by atoms with Gasteiger partial charge in [0.15, 0.2) is 0 Å². The van der Waals surface area contributed by atoms with Gasteiger partial charge >= 0.3 is 0 Å². The number of nitrogens with one attached hydrogen (secondary N) is 1. The van der Waals surface area contributed by atoms with E-state index in [2.05, 4.69) is 29.1 Å². The van der Waals surface area contributed by atoms with Gasteiger partial charge in [0.1, 0.15) is 5.82 Å². The van der Waals surface area contributed by atoms with Crippen LogP contribution in [-0.2, 0) is 12.8 Å². The Morgan fingerprint density at radius 1 is 1.25 bits per heavy atom. The molecule has 0 aliphatic carbocycles. The molecule has 0 fully saturated rings. The molecule has 0 amide bonds. The lowest BCUT2D eigenvalue weighted by atomic mass is 10.00. The number of halogens is 1. The Hall–Kier alpha value is -1.19. The van der Waals surface area contributed by atoms with Gasteiger partial charge in [0, 0.05) is 6.04 Å². The van der Waals surface area contributed by atoms with Gasteiger partial charge in [0.05, 0.1) is 0 Å². The van der Waals surface area contributed by atoms with E-state index in [-0.39, 0.29) is 5.82 Å². The fourth-order valence-electron chi connectivity index (χ4n) is 2.35. The van der Waals surface area contributed by atoms with Crippen LogP contribution in [-0.4, -0.2) is 12.6 Å². The Morgan fingerprint density at radius 2 is 2.15 bits per heavy atom. The minimum atomic E-state index is -0.144. The Kier molecular flexibility index (Phi) is 6.22. The van der Waals surface area contributed by atoms with E-state index in [1.807, 2.05) is 6.07 Å². The Labute approximate surface area is 124 Å². The molecule has 1 aromatic carbocycles. The minimum absolute atomic E-state index is 0.144. The molecule has 3 heteroatoms. The lowest BCUT2D eigenvalue weighted by Gasteiger charge is -2.18. The van der Waals surface area contributed by atoms with E-state index in [4.69, 9.17) is 0 Å². The monoisotopic (exact) mass is 291 g/mol. The second-order valence-corrected chi connectivity index (χ2v) is 5.94. The van der Waals surface area contributed by atoms with E-state index >= 15 is 0 Å². The highest BCUT2D eigenvalue weighted by Crippen LogP contribution is 2.13. The number of hydrogen-bond acceptors (Lipinski definition) is 2. The molecule has 2 rings (SSSR count). The number of rotatable bonds is 8. The molecule has 1 aromatic heterocycles.